The molecule has 0 unspecified atom stereocenters. The van der Waals surface area contributed by atoms with Gasteiger partial charge in [0.25, 0.3) is 0 Å². The van der Waals surface area contributed by atoms with Crippen molar-refractivity contribution >= 4 is 11.9 Å². The van der Waals surface area contributed by atoms with Crippen molar-refractivity contribution in [3.63, 3.8) is 0 Å². The average Bonchev–Trinajstić information content (AvgIpc) is 3.33. The summed E-state index contributed by atoms with van der Waals surface area (Å²) in [6.45, 7) is 16.9. The topological polar surface area (TPSA) is 59.1 Å². The fourth-order valence-corrected chi connectivity index (χ4v) is 9.40. The number of ether oxygens (including phenoxy) is 2. The molecular formula is C60H112N2O4. The van der Waals surface area contributed by atoms with Crippen LogP contribution in [0.25, 0.3) is 0 Å². The van der Waals surface area contributed by atoms with E-state index in [-0.39, 0.29) is 11.9 Å². The van der Waals surface area contributed by atoms with E-state index in [9.17, 15) is 9.59 Å². The first-order chi connectivity index (χ1) is 32.5. The molecule has 0 aliphatic carbocycles. The van der Waals surface area contributed by atoms with Gasteiger partial charge in [-0.3, -0.25) is 0 Å². The Kier molecular flexibility index (Phi) is 46.6. The lowest BCUT2D eigenvalue weighted by molar-refractivity contribution is 0.0493. The Balaban J connectivity index is 2.45. The quantitative estimate of drug-likeness (QED) is 0.0479. The monoisotopic (exact) mass is 925 g/mol. The molecule has 1 rings (SSSR count). The second-order valence-corrected chi connectivity index (χ2v) is 20.3. The van der Waals surface area contributed by atoms with Crippen LogP contribution in [0.2, 0.25) is 0 Å². The van der Waals surface area contributed by atoms with Crippen molar-refractivity contribution in [2.75, 3.05) is 52.5 Å². The first kappa shape index (κ1) is 62.1. The maximum Gasteiger partial charge on any atom is 0.338 e. The van der Waals surface area contributed by atoms with Crippen molar-refractivity contribution in [1.82, 2.24) is 9.80 Å². The number of hydrogen-bond acceptors (Lipinski definition) is 6. The molecule has 0 heterocycles. The summed E-state index contributed by atoms with van der Waals surface area (Å²) in [5, 5.41) is 0. The summed E-state index contributed by atoms with van der Waals surface area (Å²) in [4.78, 5) is 31.4. The highest BCUT2D eigenvalue weighted by Crippen LogP contribution is 2.16. The number of esters is 2. The van der Waals surface area contributed by atoms with E-state index < -0.39 is 0 Å². The van der Waals surface area contributed by atoms with Gasteiger partial charge in [0.2, 0.25) is 0 Å². The van der Waals surface area contributed by atoms with Crippen LogP contribution in [0.3, 0.4) is 0 Å². The molecule has 0 N–H and O–H groups in total. The van der Waals surface area contributed by atoms with Crippen molar-refractivity contribution in [2.45, 2.75) is 285 Å². The molecule has 0 radical (unpaired) electrons. The fourth-order valence-electron chi connectivity index (χ4n) is 9.40. The molecule has 0 fully saturated rings. The minimum atomic E-state index is -0.357. The molecule has 0 spiro atoms. The summed E-state index contributed by atoms with van der Waals surface area (Å²) in [5.74, 6) is -0.713. The Morgan fingerprint density at radius 1 is 0.318 bits per heavy atom. The smallest absolute Gasteiger partial charge is 0.338 e. The van der Waals surface area contributed by atoms with Crippen molar-refractivity contribution in [3.8, 4) is 0 Å². The summed E-state index contributed by atoms with van der Waals surface area (Å²) < 4.78 is 11.4. The molecule has 386 valence electrons. The Morgan fingerprint density at radius 3 is 0.773 bits per heavy atom. The maximum absolute atomic E-state index is 13.0. The predicted octanol–water partition coefficient (Wildman–Crippen LogP) is 18.3. The van der Waals surface area contributed by atoms with Gasteiger partial charge in [-0.15, -0.1) is 0 Å². The SMILES string of the molecule is CCCCCCCCCCCN(CCCCCCCCCCC)CCCCOC(=O)c1cccc(C(=O)OCCCCN(CCCCCCCCCCC)CCCCCCCCCCC)c1. The summed E-state index contributed by atoms with van der Waals surface area (Å²) in [6, 6.07) is 6.89. The molecule has 0 bridgehead atoms. The van der Waals surface area contributed by atoms with E-state index in [4.69, 9.17) is 9.47 Å². The number of unbranched alkanes of at least 4 members (excludes halogenated alkanes) is 34. The van der Waals surface area contributed by atoms with Crippen LogP contribution in [0, 0.1) is 0 Å². The largest absolute Gasteiger partial charge is 0.462 e. The Hall–Kier alpha value is -1.92. The molecule has 6 heteroatoms. The summed E-state index contributed by atoms with van der Waals surface area (Å²) >= 11 is 0. The number of rotatable bonds is 52. The van der Waals surface area contributed by atoms with Gasteiger partial charge in [-0.25, -0.2) is 9.59 Å². The van der Waals surface area contributed by atoms with Crippen molar-refractivity contribution in [2.24, 2.45) is 0 Å². The minimum Gasteiger partial charge on any atom is -0.462 e. The van der Waals surface area contributed by atoms with Crippen LogP contribution in [-0.2, 0) is 9.47 Å². The first-order valence-corrected chi connectivity index (χ1v) is 29.4. The molecule has 0 atom stereocenters. The number of hydrogen-bond donors (Lipinski definition) is 0. The standard InChI is InChI=1S/C60H112N2O4/c1-5-9-13-17-21-25-29-33-37-48-61(49-38-34-30-26-22-18-14-10-6-2)52-41-43-54-65-59(63)57-46-45-47-58(56-57)60(64)66-55-44-42-53-62(50-39-35-31-27-23-19-15-11-7-3)51-40-36-32-28-24-20-16-12-8-4/h45-47,56H,5-44,48-55H2,1-4H3. The first-order valence-electron chi connectivity index (χ1n) is 29.4. The van der Waals surface area contributed by atoms with Crippen LogP contribution in [0.5, 0.6) is 0 Å². The molecule has 0 saturated carbocycles. The highest BCUT2D eigenvalue weighted by atomic mass is 16.5. The van der Waals surface area contributed by atoms with E-state index in [0.29, 0.717) is 24.3 Å². The van der Waals surface area contributed by atoms with Gasteiger partial charge < -0.3 is 19.3 Å². The van der Waals surface area contributed by atoms with Gasteiger partial charge in [0.1, 0.15) is 0 Å². The van der Waals surface area contributed by atoms with Crippen molar-refractivity contribution in [1.29, 1.82) is 0 Å². The maximum atomic E-state index is 13.0. The highest BCUT2D eigenvalue weighted by molar-refractivity contribution is 5.95. The minimum absolute atomic E-state index is 0.357. The molecule has 0 amide bonds. The molecular weight excluding hydrogens is 813 g/mol. The van der Waals surface area contributed by atoms with Gasteiger partial charge in [-0.2, -0.15) is 0 Å². The van der Waals surface area contributed by atoms with Crippen LogP contribution in [-0.4, -0.2) is 74.2 Å². The zero-order chi connectivity index (χ0) is 47.6. The van der Waals surface area contributed by atoms with Crippen LogP contribution >= 0.6 is 0 Å². The molecule has 1 aromatic rings. The van der Waals surface area contributed by atoms with Gasteiger partial charge in [-0.1, -0.05) is 239 Å². The third-order valence-corrected chi connectivity index (χ3v) is 13.8. The zero-order valence-electron chi connectivity index (χ0n) is 44.8. The van der Waals surface area contributed by atoms with E-state index in [0.717, 1.165) is 38.8 Å². The lowest BCUT2D eigenvalue weighted by atomic mass is 10.1. The van der Waals surface area contributed by atoms with Crippen LogP contribution in [0.1, 0.15) is 305 Å². The Morgan fingerprint density at radius 2 is 0.530 bits per heavy atom. The molecule has 6 nitrogen and oxygen atoms in total. The molecule has 0 saturated heterocycles. The number of carbonyl (C=O) groups is 2. The van der Waals surface area contributed by atoms with E-state index in [2.05, 4.69) is 37.5 Å². The van der Waals surface area contributed by atoms with Crippen LogP contribution < -0.4 is 0 Å². The number of nitrogens with zero attached hydrogens (tertiary/aromatic N) is 2. The van der Waals surface area contributed by atoms with E-state index in [1.54, 1.807) is 24.3 Å². The van der Waals surface area contributed by atoms with Crippen LogP contribution in [0.15, 0.2) is 24.3 Å². The van der Waals surface area contributed by atoms with Crippen molar-refractivity contribution in [3.05, 3.63) is 35.4 Å². The zero-order valence-corrected chi connectivity index (χ0v) is 44.8. The lowest BCUT2D eigenvalue weighted by Gasteiger charge is -2.22. The second kappa shape index (κ2) is 49.5. The van der Waals surface area contributed by atoms with Gasteiger partial charge in [0.05, 0.1) is 24.3 Å². The molecule has 0 aliphatic heterocycles. The summed E-state index contributed by atoms with van der Waals surface area (Å²) in [5.41, 5.74) is 0.843. The number of carbonyl (C=O) groups excluding carboxylic acids is 2. The second-order valence-electron chi connectivity index (χ2n) is 20.3. The third-order valence-electron chi connectivity index (χ3n) is 13.8. The number of benzene rings is 1. The lowest BCUT2D eigenvalue weighted by Crippen LogP contribution is -2.27. The van der Waals surface area contributed by atoms with Gasteiger partial charge in [0, 0.05) is 0 Å². The summed E-state index contributed by atoms with van der Waals surface area (Å²) in [7, 11) is 0. The average molecular weight is 926 g/mol. The Bertz CT molecular complexity index is 1050. The van der Waals surface area contributed by atoms with Crippen molar-refractivity contribution < 1.29 is 19.1 Å². The molecule has 0 aromatic heterocycles. The van der Waals surface area contributed by atoms with E-state index >= 15 is 0 Å². The normalized spacial score (nSPS) is 11.6. The van der Waals surface area contributed by atoms with Gasteiger partial charge >= 0.3 is 11.9 Å². The van der Waals surface area contributed by atoms with E-state index in [1.165, 1.54) is 257 Å². The fraction of sp³-hybridized carbons (Fsp3) is 0.867. The molecule has 1 aromatic carbocycles. The van der Waals surface area contributed by atoms with Crippen LogP contribution in [0.4, 0.5) is 0 Å². The Labute approximate surface area is 411 Å². The molecule has 0 aliphatic rings. The summed E-state index contributed by atoms with van der Waals surface area (Å²) in [6.07, 6.45) is 52.9. The van der Waals surface area contributed by atoms with Gasteiger partial charge in [0.15, 0.2) is 0 Å². The van der Waals surface area contributed by atoms with E-state index in [1.807, 2.05) is 0 Å². The van der Waals surface area contributed by atoms with Gasteiger partial charge in [-0.05, 0) is 109 Å². The highest BCUT2D eigenvalue weighted by Gasteiger charge is 2.14. The molecule has 66 heavy (non-hydrogen) atoms. The predicted molar refractivity (Wildman–Crippen MR) is 287 cm³/mol. The third kappa shape index (κ3) is 40.0.